The lowest BCUT2D eigenvalue weighted by Crippen LogP contribution is -2.42. The van der Waals surface area contributed by atoms with E-state index in [1.165, 1.54) is 0 Å². The highest BCUT2D eigenvalue weighted by Crippen LogP contribution is 2.42. The third-order valence-corrected chi connectivity index (χ3v) is 5.68. The summed E-state index contributed by atoms with van der Waals surface area (Å²) in [6, 6.07) is 24.5. The molecule has 4 heteroatoms. The van der Waals surface area contributed by atoms with Crippen LogP contribution in [0.5, 0.6) is 11.5 Å². The van der Waals surface area contributed by atoms with Crippen LogP contribution in [0, 0.1) is 0 Å². The quantitative estimate of drug-likeness (QED) is 0.530. The number of nitrogens with one attached hydrogen (secondary N) is 1. The van der Waals surface area contributed by atoms with Gasteiger partial charge in [0, 0.05) is 17.6 Å². The Balaban J connectivity index is 1.61. The maximum atomic E-state index is 11.0. The Morgan fingerprint density at radius 2 is 1.48 bits per heavy atom. The van der Waals surface area contributed by atoms with Crippen molar-refractivity contribution in [3.8, 4) is 11.5 Å². The first-order valence-electron chi connectivity index (χ1n) is 11.0. The molecular formula is C27H31NO3. The van der Waals surface area contributed by atoms with Crippen molar-refractivity contribution in [1.29, 1.82) is 0 Å². The minimum Gasteiger partial charge on any atom is -0.485 e. The number of ether oxygens (including phenoxy) is 2. The Hall–Kier alpha value is -2.82. The molecule has 1 aliphatic rings. The van der Waals surface area contributed by atoms with E-state index in [0.717, 1.165) is 46.6 Å². The molecule has 0 bridgehead atoms. The maximum absolute atomic E-state index is 11.0. The summed E-state index contributed by atoms with van der Waals surface area (Å²) in [5.41, 5.74) is 4.19. The summed E-state index contributed by atoms with van der Waals surface area (Å²) in [5.74, 6) is 1.47. The van der Waals surface area contributed by atoms with Crippen molar-refractivity contribution in [3.05, 3.63) is 95.1 Å². The summed E-state index contributed by atoms with van der Waals surface area (Å²) < 4.78 is 12.5. The number of benzene rings is 3. The van der Waals surface area contributed by atoms with Crippen LogP contribution in [0.2, 0.25) is 0 Å². The molecule has 0 heterocycles. The van der Waals surface area contributed by atoms with E-state index in [1.54, 1.807) is 0 Å². The molecule has 2 N–H and O–H groups in total. The van der Waals surface area contributed by atoms with E-state index >= 15 is 0 Å². The fraction of sp³-hybridized carbons (Fsp3) is 0.333. The number of hydrogen-bond donors (Lipinski definition) is 2. The summed E-state index contributed by atoms with van der Waals surface area (Å²) in [7, 11) is 0. The van der Waals surface area contributed by atoms with Crippen LogP contribution in [0.4, 0.5) is 0 Å². The van der Waals surface area contributed by atoms with Gasteiger partial charge in [-0.25, -0.2) is 0 Å². The van der Waals surface area contributed by atoms with Gasteiger partial charge in [0.15, 0.2) is 11.5 Å². The van der Waals surface area contributed by atoms with E-state index in [4.69, 9.17) is 9.47 Å². The van der Waals surface area contributed by atoms with Crippen LogP contribution in [0.25, 0.3) is 0 Å². The van der Waals surface area contributed by atoms with Gasteiger partial charge in [0.2, 0.25) is 0 Å². The summed E-state index contributed by atoms with van der Waals surface area (Å²) in [5, 5.41) is 14.5. The molecule has 0 aliphatic heterocycles. The van der Waals surface area contributed by atoms with Gasteiger partial charge in [-0.3, -0.25) is 0 Å². The molecule has 3 aromatic carbocycles. The van der Waals surface area contributed by atoms with E-state index in [1.807, 2.05) is 48.5 Å². The first kappa shape index (κ1) is 21.4. The van der Waals surface area contributed by atoms with Crippen molar-refractivity contribution in [3.63, 3.8) is 0 Å². The first-order valence-corrected chi connectivity index (χ1v) is 11.0. The molecule has 3 aromatic rings. The Kier molecular flexibility index (Phi) is 6.90. The molecular weight excluding hydrogens is 386 g/mol. The number of hydrogen-bond acceptors (Lipinski definition) is 4. The predicted octanol–water partition coefficient (Wildman–Crippen LogP) is 5.19. The van der Waals surface area contributed by atoms with Crippen LogP contribution < -0.4 is 14.8 Å². The Morgan fingerprint density at radius 1 is 0.871 bits per heavy atom. The van der Waals surface area contributed by atoms with Crippen molar-refractivity contribution in [2.75, 3.05) is 0 Å². The molecule has 0 radical (unpaired) electrons. The molecule has 0 saturated heterocycles. The standard InChI is InChI=1S/C27H31NO3/c1-19(2)28-24-15-13-23-22(26(24)29)14-16-25(30-17-20-9-5-3-6-10-20)27(23)31-18-21-11-7-4-8-12-21/h3-12,14,16,19,24,26,28-29H,13,15,17-18H2,1-2H3/t24-,26-/m1/s1. The molecule has 162 valence electrons. The summed E-state index contributed by atoms with van der Waals surface area (Å²) >= 11 is 0. The van der Waals surface area contributed by atoms with Gasteiger partial charge in [-0.2, -0.15) is 0 Å². The monoisotopic (exact) mass is 417 g/mol. The summed E-state index contributed by atoms with van der Waals surface area (Å²) in [4.78, 5) is 0. The van der Waals surface area contributed by atoms with Gasteiger partial charge < -0.3 is 19.9 Å². The van der Waals surface area contributed by atoms with Gasteiger partial charge in [-0.05, 0) is 35.6 Å². The molecule has 0 amide bonds. The van der Waals surface area contributed by atoms with Crippen LogP contribution in [-0.2, 0) is 19.6 Å². The SMILES string of the molecule is CC(C)N[C@@H]1CCc2c(ccc(OCc3ccccc3)c2OCc2ccccc2)[C@H]1O. The van der Waals surface area contributed by atoms with Crippen LogP contribution >= 0.6 is 0 Å². The number of aliphatic hydroxyl groups is 1. The van der Waals surface area contributed by atoms with Crippen molar-refractivity contribution < 1.29 is 14.6 Å². The molecule has 4 rings (SSSR count). The van der Waals surface area contributed by atoms with Crippen molar-refractivity contribution in [1.82, 2.24) is 5.32 Å². The third kappa shape index (κ3) is 5.27. The molecule has 4 nitrogen and oxygen atoms in total. The highest BCUT2D eigenvalue weighted by atomic mass is 16.5. The van der Waals surface area contributed by atoms with Crippen molar-refractivity contribution >= 4 is 0 Å². The molecule has 0 saturated carbocycles. The van der Waals surface area contributed by atoms with Gasteiger partial charge in [0.25, 0.3) is 0 Å². The number of rotatable bonds is 8. The lowest BCUT2D eigenvalue weighted by Gasteiger charge is -2.33. The van der Waals surface area contributed by atoms with Crippen molar-refractivity contribution in [2.24, 2.45) is 0 Å². The fourth-order valence-corrected chi connectivity index (χ4v) is 4.17. The largest absolute Gasteiger partial charge is 0.485 e. The molecule has 31 heavy (non-hydrogen) atoms. The zero-order valence-corrected chi connectivity index (χ0v) is 18.3. The summed E-state index contributed by atoms with van der Waals surface area (Å²) in [6.07, 6.45) is 1.13. The van der Waals surface area contributed by atoms with Crippen LogP contribution in [0.1, 0.15) is 48.6 Å². The third-order valence-electron chi connectivity index (χ3n) is 5.68. The van der Waals surface area contributed by atoms with Crippen LogP contribution in [0.3, 0.4) is 0 Å². The molecule has 0 spiro atoms. The van der Waals surface area contributed by atoms with Gasteiger partial charge >= 0.3 is 0 Å². The highest BCUT2D eigenvalue weighted by Gasteiger charge is 2.31. The lowest BCUT2D eigenvalue weighted by atomic mass is 9.84. The van der Waals surface area contributed by atoms with Gasteiger partial charge in [0.1, 0.15) is 13.2 Å². The average Bonchev–Trinajstić information content (AvgIpc) is 2.79. The molecule has 0 aromatic heterocycles. The Bertz CT molecular complexity index is 973. The van der Waals surface area contributed by atoms with Gasteiger partial charge in [0.05, 0.1) is 6.10 Å². The molecule has 1 aliphatic carbocycles. The predicted molar refractivity (Wildman–Crippen MR) is 123 cm³/mol. The topological polar surface area (TPSA) is 50.7 Å². The highest BCUT2D eigenvalue weighted by molar-refractivity contribution is 5.53. The molecule has 0 fully saturated rings. The number of aliphatic hydroxyl groups excluding tert-OH is 1. The fourth-order valence-electron chi connectivity index (χ4n) is 4.17. The second-order valence-electron chi connectivity index (χ2n) is 8.42. The number of fused-ring (bicyclic) bond motifs is 1. The first-order chi connectivity index (χ1) is 15.1. The molecule has 2 atom stereocenters. The molecule has 0 unspecified atom stereocenters. The van der Waals surface area contributed by atoms with Crippen LogP contribution in [0.15, 0.2) is 72.8 Å². The van der Waals surface area contributed by atoms with E-state index in [-0.39, 0.29) is 6.04 Å². The Labute approximate surface area is 184 Å². The zero-order valence-electron chi connectivity index (χ0n) is 18.3. The lowest BCUT2D eigenvalue weighted by molar-refractivity contribution is 0.109. The van der Waals surface area contributed by atoms with E-state index in [9.17, 15) is 5.11 Å². The van der Waals surface area contributed by atoms with Gasteiger partial charge in [-0.15, -0.1) is 0 Å². The maximum Gasteiger partial charge on any atom is 0.165 e. The smallest absolute Gasteiger partial charge is 0.165 e. The second-order valence-corrected chi connectivity index (χ2v) is 8.42. The Morgan fingerprint density at radius 3 is 2.10 bits per heavy atom. The van der Waals surface area contributed by atoms with E-state index in [2.05, 4.69) is 43.4 Å². The van der Waals surface area contributed by atoms with Crippen molar-refractivity contribution in [2.45, 2.75) is 58.1 Å². The second kappa shape index (κ2) is 9.99. The zero-order chi connectivity index (χ0) is 21.6. The normalized spacial score (nSPS) is 17.9. The van der Waals surface area contributed by atoms with Crippen LogP contribution in [-0.4, -0.2) is 17.2 Å². The average molecular weight is 418 g/mol. The van der Waals surface area contributed by atoms with Gasteiger partial charge in [-0.1, -0.05) is 80.6 Å². The minimum atomic E-state index is -0.562. The summed E-state index contributed by atoms with van der Waals surface area (Å²) in [6.45, 7) is 5.15. The van der Waals surface area contributed by atoms with E-state index in [0.29, 0.717) is 19.3 Å². The van der Waals surface area contributed by atoms with E-state index < -0.39 is 6.10 Å². The minimum absolute atomic E-state index is 0.0468.